The van der Waals surface area contributed by atoms with E-state index in [1.807, 2.05) is 23.0 Å². The largest absolute Gasteiger partial charge is 0.467 e. The summed E-state index contributed by atoms with van der Waals surface area (Å²) in [5.74, 6) is 0.936. The lowest BCUT2D eigenvalue weighted by Crippen LogP contribution is -2.32. The summed E-state index contributed by atoms with van der Waals surface area (Å²) in [5.41, 5.74) is 1.04. The van der Waals surface area contributed by atoms with E-state index in [1.54, 1.807) is 6.26 Å². The first-order valence-electron chi connectivity index (χ1n) is 7.41. The monoisotopic (exact) mass is 274 g/mol. The maximum absolute atomic E-state index is 5.29. The Labute approximate surface area is 119 Å². The molecule has 0 bridgehead atoms. The Bertz CT molecular complexity index is 500. The lowest BCUT2D eigenvalue weighted by atomic mass is 10.1. The van der Waals surface area contributed by atoms with Crippen molar-refractivity contribution < 1.29 is 4.42 Å². The van der Waals surface area contributed by atoms with Crippen LogP contribution in [0, 0.1) is 0 Å². The molecular weight excluding hydrogens is 252 g/mol. The zero-order valence-corrected chi connectivity index (χ0v) is 11.8. The van der Waals surface area contributed by atoms with Gasteiger partial charge >= 0.3 is 0 Å². The van der Waals surface area contributed by atoms with E-state index in [-0.39, 0.29) is 0 Å². The molecule has 1 aliphatic rings. The first-order valence-corrected chi connectivity index (χ1v) is 7.41. The van der Waals surface area contributed by atoms with E-state index in [0.717, 1.165) is 24.5 Å². The second-order valence-electron chi connectivity index (χ2n) is 5.33. The summed E-state index contributed by atoms with van der Waals surface area (Å²) >= 11 is 0. The molecule has 3 rings (SSSR count). The van der Waals surface area contributed by atoms with E-state index < -0.39 is 0 Å². The van der Waals surface area contributed by atoms with E-state index in [4.69, 9.17) is 4.42 Å². The average Bonchev–Trinajstić information content (AvgIpc) is 3.16. The van der Waals surface area contributed by atoms with Crippen LogP contribution in [-0.4, -0.2) is 34.3 Å². The Balaban J connectivity index is 1.44. The van der Waals surface area contributed by atoms with Crippen molar-refractivity contribution in [3.05, 3.63) is 36.5 Å². The molecule has 0 saturated carbocycles. The number of anilines is 1. The lowest BCUT2D eigenvalue weighted by Gasteiger charge is -2.26. The fourth-order valence-electron chi connectivity index (χ4n) is 2.61. The summed E-state index contributed by atoms with van der Waals surface area (Å²) < 4.78 is 7.31. The minimum atomic E-state index is 0.699. The Morgan fingerprint density at radius 1 is 1.20 bits per heavy atom. The highest BCUT2D eigenvalue weighted by Gasteiger charge is 2.09. The molecule has 0 spiro atoms. The van der Waals surface area contributed by atoms with Crippen LogP contribution in [0.3, 0.4) is 0 Å². The van der Waals surface area contributed by atoms with Crippen molar-refractivity contribution in [1.82, 2.24) is 14.7 Å². The maximum Gasteiger partial charge on any atom is 0.122 e. The lowest BCUT2D eigenvalue weighted by molar-refractivity contribution is 0.218. The molecule has 3 heterocycles. The van der Waals surface area contributed by atoms with Crippen molar-refractivity contribution in [2.75, 3.05) is 25.0 Å². The van der Waals surface area contributed by atoms with Gasteiger partial charge in [0.15, 0.2) is 0 Å². The molecule has 5 nitrogen and oxygen atoms in total. The molecule has 1 N–H and O–H groups in total. The van der Waals surface area contributed by atoms with Crippen LogP contribution in [0.1, 0.15) is 25.0 Å². The fourth-order valence-corrected chi connectivity index (χ4v) is 2.61. The minimum Gasteiger partial charge on any atom is -0.467 e. The molecule has 20 heavy (non-hydrogen) atoms. The van der Waals surface area contributed by atoms with Crippen molar-refractivity contribution >= 4 is 5.69 Å². The van der Waals surface area contributed by atoms with Crippen LogP contribution in [0.2, 0.25) is 0 Å². The number of piperidine rings is 1. The summed E-state index contributed by atoms with van der Waals surface area (Å²) in [5, 5.41) is 7.71. The van der Waals surface area contributed by atoms with Gasteiger partial charge in [0.2, 0.25) is 0 Å². The van der Waals surface area contributed by atoms with Gasteiger partial charge in [-0.05, 0) is 38.1 Å². The number of hydrogen-bond donors (Lipinski definition) is 1. The molecule has 1 fully saturated rings. The number of rotatable bonds is 6. The summed E-state index contributed by atoms with van der Waals surface area (Å²) in [4.78, 5) is 2.53. The maximum atomic E-state index is 5.29. The normalized spacial score (nSPS) is 16.4. The predicted octanol–water partition coefficient (Wildman–Crippen LogP) is 2.57. The summed E-state index contributed by atoms with van der Waals surface area (Å²) in [6.45, 7) is 5.24. The molecule has 2 aromatic rings. The highest BCUT2D eigenvalue weighted by Crippen LogP contribution is 2.10. The van der Waals surface area contributed by atoms with Crippen molar-refractivity contribution in [3.8, 4) is 0 Å². The van der Waals surface area contributed by atoms with Gasteiger partial charge in [0.05, 0.1) is 31.2 Å². The number of aromatic nitrogens is 2. The molecule has 0 amide bonds. The zero-order chi connectivity index (χ0) is 13.6. The molecule has 0 radical (unpaired) electrons. The van der Waals surface area contributed by atoms with Gasteiger partial charge in [0, 0.05) is 12.7 Å². The third kappa shape index (κ3) is 3.63. The van der Waals surface area contributed by atoms with Crippen LogP contribution in [0.4, 0.5) is 5.69 Å². The molecule has 0 atom stereocenters. The third-order valence-corrected chi connectivity index (χ3v) is 3.77. The van der Waals surface area contributed by atoms with Gasteiger partial charge < -0.3 is 14.6 Å². The zero-order valence-electron chi connectivity index (χ0n) is 11.8. The van der Waals surface area contributed by atoms with Crippen molar-refractivity contribution in [1.29, 1.82) is 0 Å². The Morgan fingerprint density at radius 3 is 2.90 bits per heavy atom. The number of likely N-dealkylation sites (tertiary alicyclic amines) is 1. The number of hydrogen-bond acceptors (Lipinski definition) is 4. The van der Waals surface area contributed by atoms with Gasteiger partial charge in [-0.2, -0.15) is 5.10 Å². The SMILES string of the molecule is c1coc(CNc2cnn(CCN3CCCCC3)c2)c1. The molecule has 1 saturated heterocycles. The van der Waals surface area contributed by atoms with E-state index in [1.165, 1.54) is 32.4 Å². The molecule has 0 aromatic carbocycles. The molecule has 2 aromatic heterocycles. The molecular formula is C15H22N4O. The van der Waals surface area contributed by atoms with Crippen molar-refractivity contribution in [3.63, 3.8) is 0 Å². The molecule has 0 aliphatic carbocycles. The molecule has 0 unspecified atom stereocenters. The first kappa shape index (κ1) is 13.2. The van der Waals surface area contributed by atoms with E-state index in [9.17, 15) is 0 Å². The van der Waals surface area contributed by atoms with E-state index >= 15 is 0 Å². The Hall–Kier alpha value is -1.75. The Morgan fingerprint density at radius 2 is 2.10 bits per heavy atom. The van der Waals surface area contributed by atoms with Crippen LogP contribution < -0.4 is 5.32 Å². The van der Waals surface area contributed by atoms with Crippen LogP contribution in [0.5, 0.6) is 0 Å². The van der Waals surface area contributed by atoms with Crippen LogP contribution in [-0.2, 0) is 13.1 Å². The predicted molar refractivity (Wildman–Crippen MR) is 78.6 cm³/mol. The average molecular weight is 274 g/mol. The smallest absolute Gasteiger partial charge is 0.122 e. The van der Waals surface area contributed by atoms with Crippen LogP contribution >= 0.6 is 0 Å². The van der Waals surface area contributed by atoms with Crippen LogP contribution in [0.15, 0.2) is 35.2 Å². The van der Waals surface area contributed by atoms with Crippen LogP contribution in [0.25, 0.3) is 0 Å². The van der Waals surface area contributed by atoms with Crippen molar-refractivity contribution in [2.45, 2.75) is 32.4 Å². The van der Waals surface area contributed by atoms with Gasteiger partial charge in [0.1, 0.15) is 5.76 Å². The molecule has 5 heteroatoms. The second kappa shape index (κ2) is 6.61. The van der Waals surface area contributed by atoms with Crippen molar-refractivity contribution in [2.24, 2.45) is 0 Å². The number of nitrogens with one attached hydrogen (secondary N) is 1. The quantitative estimate of drug-likeness (QED) is 0.879. The second-order valence-corrected chi connectivity index (χ2v) is 5.33. The number of furan rings is 1. The Kier molecular flexibility index (Phi) is 4.38. The van der Waals surface area contributed by atoms with Gasteiger partial charge in [-0.3, -0.25) is 4.68 Å². The fraction of sp³-hybridized carbons (Fsp3) is 0.533. The number of nitrogens with zero attached hydrogens (tertiary/aromatic N) is 3. The third-order valence-electron chi connectivity index (χ3n) is 3.77. The first-order chi connectivity index (χ1) is 9.90. The topological polar surface area (TPSA) is 46.2 Å². The molecule has 108 valence electrons. The molecule has 1 aliphatic heterocycles. The van der Waals surface area contributed by atoms with E-state index in [2.05, 4.69) is 21.5 Å². The van der Waals surface area contributed by atoms with Gasteiger partial charge in [-0.15, -0.1) is 0 Å². The standard InChI is InChI=1S/C15H22N4O/c1-2-6-18(7-3-1)8-9-19-13-14(11-17-19)16-12-15-5-4-10-20-15/h4-5,10-11,13,16H,1-3,6-9,12H2. The van der Waals surface area contributed by atoms with Gasteiger partial charge in [0.25, 0.3) is 0 Å². The highest BCUT2D eigenvalue weighted by molar-refractivity contribution is 5.38. The van der Waals surface area contributed by atoms with Gasteiger partial charge in [-0.1, -0.05) is 6.42 Å². The van der Waals surface area contributed by atoms with E-state index in [0.29, 0.717) is 6.54 Å². The summed E-state index contributed by atoms with van der Waals surface area (Å²) in [7, 11) is 0. The summed E-state index contributed by atoms with van der Waals surface area (Å²) in [6.07, 6.45) is 9.70. The minimum absolute atomic E-state index is 0.699. The highest BCUT2D eigenvalue weighted by atomic mass is 16.3. The van der Waals surface area contributed by atoms with Gasteiger partial charge in [-0.25, -0.2) is 0 Å². The summed E-state index contributed by atoms with van der Waals surface area (Å²) in [6, 6.07) is 3.87.